The molecular weight excluding hydrogens is 232 g/mol. The van der Waals surface area contributed by atoms with Gasteiger partial charge >= 0.3 is 0 Å². The lowest BCUT2D eigenvalue weighted by molar-refractivity contribution is 0.559. The van der Waals surface area contributed by atoms with Gasteiger partial charge in [-0.05, 0) is 5.75 Å². The van der Waals surface area contributed by atoms with Crippen molar-refractivity contribution in [3.05, 3.63) is 42.0 Å². The van der Waals surface area contributed by atoms with E-state index in [0.717, 1.165) is 22.2 Å². The van der Waals surface area contributed by atoms with Crippen LogP contribution in [0.1, 0.15) is 18.7 Å². The Balaban J connectivity index is 1.96. The average molecular weight is 244 g/mol. The maximum Gasteiger partial charge on any atom is 0.190 e. The number of hydrogen-bond acceptors (Lipinski definition) is 4. The summed E-state index contributed by atoms with van der Waals surface area (Å²) in [5.41, 5.74) is 1.12. The van der Waals surface area contributed by atoms with E-state index in [1.165, 1.54) is 0 Å². The first-order chi connectivity index (χ1) is 8.38. The Kier molecular flexibility index (Phi) is 2.68. The molecule has 0 bridgehead atoms. The Hall–Kier alpha value is -1.62. The van der Waals surface area contributed by atoms with Crippen LogP contribution in [0.25, 0.3) is 0 Å². The van der Waals surface area contributed by atoms with Crippen LogP contribution in [0.15, 0.2) is 51.7 Å². The molecule has 0 spiro atoms. The highest BCUT2D eigenvalue weighted by Crippen LogP contribution is 2.35. The van der Waals surface area contributed by atoms with Gasteiger partial charge in [0.1, 0.15) is 5.03 Å². The highest BCUT2D eigenvalue weighted by molar-refractivity contribution is 7.99. The van der Waals surface area contributed by atoms with E-state index in [1.54, 1.807) is 11.8 Å². The number of thioether (sulfide) groups is 1. The molecule has 5 heteroatoms. The molecule has 0 N–H and O–H groups in total. The minimum atomic E-state index is -0.0996. The highest BCUT2D eigenvalue weighted by atomic mass is 32.2. The number of aromatic nitrogens is 2. The molecule has 0 aliphatic carbocycles. The summed E-state index contributed by atoms with van der Waals surface area (Å²) in [5.74, 6) is 1.86. The Morgan fingerprint density at radius 1 is 1.29 bits per heavy atom. The fraction of sp³-hybridized carbons (Fsp3) is 0.250. The van der Waals surface area contributed by atoms with Gasteiger partial charge < -0.3 is 0 Å². The van der Waals surface area contributed by atoms with Crippen LogP contribution in [-0.4, -0.2) is 15.5 Å². The number of benzene rings is 1. The summed E-state index contributed by atoms with van der Waals surface area (Å²) in [6, 6.07) is 12.1. The van der Waals surface area contributed by atoms with Crippen molar-refractivity contribution in [2.24, 2.45) is 10.2 Å². The van der Waals surface area contributed by atoms with Gasteiger partial charge in [0.15, 0.2) is 12.0 Å². The maximum atomic E-state index is 4.53. The quantitative estimate of drug-likeness (QED) is 0.773. The van der Waals surface area contributed by atoms with E-state index < -0.39 is 0 Å². The first kappa shape index (κ1) is 10.5. The largest absolute Gasteiger partial charge is 0.214 e. The normalized spacial score (nSPS) is 17.4. The van der Waals surface area contributed by atoms with Crippen LogP contribution in [0.5, 0.6) is 0 Å². The van der Waals surface area contributed by atoms with Crippen molar-refractivity contribution in [2.75, 3.05) is 5.75 Å². The Bertz CT molecular complexity index is 547. The summed E-state index contributed by atoms with van der Waals surface area (Å²) >= 11 is 1.72. The summed E-state index contributed by atoms with van der Waals surface area (Å²) in [6.45, 7) is 2.12. The first-order valence-electron chi connectivity index (χ1n) is 5.56. The topological polar surface area (TPSA) is 42.5 Å². The molecule has 1 aliphatic heterocycles. The summed E-state index contributed by atoms with van der Waals surface area (Å²) in [4.78, 5) is 0. The smallest absolute Gasteiger partial charge is 0.190 e. The van der Waals surface area contributed by atoms with E-state index in [1.807, 2.05) is 41.1 Å². The lowest BCUT2D eigenvalue weighted by atomic mass is 10.2. The lowest BCUT2D eigenvalue weighted by Crippen LogP contribution is -2.05. The van der Waals surface area contributed by atoms with Gasteiger partial charge in [-0.3, -0.25) is 0 Å². The molecule has 1 aromatic heterocycles. The highest BCUT2D eigenvalue weighted by Gasteiger charge is 2.23. The zero-order valence-corrected chi connectivity index (χ0v) is 10.3. The summed E-state index contributed by atoms with van der Waals surface area (Å²) in [7, 11) is 0. The molecule has 1 unspecified atom stereocenters. The van der Waals surface area contributed by atoms with Gasteiger partial charge in [-0.1, -0.05) is 37.3 Å². The number of hydrogen-bond donors (Lipinski definition) is 0. The fourth-order valence-electron chi connectivity index (χ4n) is 1.83. The molecule has 2 aromatic rings. The van der Waals surface area contributed by atoms with Crippen LogP contribution >= 0.6 is 11.8 Å². The molecule has 3 rings (SSSR count). The third kappa shape index (κ3) is 1.86. The SMILES string of the molecule is CCSc1cc2n(n1)C(c1ccccc1)N=N2. The average Bonchev–Trinajstić information content (AvgIpc) is 2.90. The lowest BCUT2D eigenvalue weighted by Gasteiger charge is -2.07. The molecule has 0 radical (unpaired) electrons. The van der Waals surface area contributed by atoms with Crippen LogP contribution in [0.3, 0.4) is 0 Å². The minimum absolute atomic E-state index is 0.0996. The van der Waals surface area contributed by atoms with Crippen LogP contribution < -0.4 is 0 Å². The predicted molar refractivity (Wildman–Crippen MR) is 67.7 cm³/mol. The van der Waals surface area contributed by atoms with E-state index in [-0.39, 0.29) is 6.17 Å². The summed E-state index contributed by atoms with van der Waals surface area (Å²) < 4.78 is 1.88. The van der Waals surface area contributed by atoms with Crippen LogP contribution in [-0.2, 0) is 0 Å². The van der Waals surface area contributed by atoms with Gasteiger partial charge in [-0.25, -0.2) is 4.68 Å². The molecule has 1 aliphatic rings. The number of fused-ring (bicyclic) bond motifs is 1. The van der Waals surface area contributed by atoms with Crippen molar-refractivity contribution in [1.82, 2.24) is 9.78 Å². The first-order valence-corrected chi connectivity index (χ1v) is 6.55. The number of azo groups is 1. The molecule has 0 amide bonds. The molecule has 0 saturated heterocycles. The van der Waals surface area contributed by atoms with Crippen molar-refractivity contribution in [2.45, 2.75) is 18.1 Å². The van der Waals surface area contributed by atoms with E-state index in [4.69, 9.17) is 0 Å². The monoisotopic (exact) mass is 244 g/mol. The van der Waals surface area contributed by atoms with E-state index in [9.17, 15) is 0 Å². The van der Waals surface area contributed by atoms with Crippen molar-refractivity contribution in [1.29, 1.82) is 0 Å². The summed E-state index contributed by atoms with van der Waals surface area (Å²) in [6.07, 6.45) is -0.0996. The predicted octanol–water partition coefficient (Wildman–Crippen LogP) is 3.64. The van der Waals surface area contributed by atoms with Crippen LogP contribution in [0.4, 0.5) is 5.82 Å². The van der Waals surface area contributed by atoms with Crippen molar-refractivity contribution in [3.63, 3.8) is 0 Å². The van der Waals surface area contributed by atoms with E-state index in [0.29, 0.717) is 0 Å². The molecule has 2 heterocycles. The maximum absolute atomic E-state index is 4.53. The second-order valence-corrected chi connectivity index (χ2v) is 5.00. The zero-order valence-electron chi connectivity index (χ0n) is 9.45. The zero-order chi connectivity index (χ0) is 11.7. The van der Waals surface area contributed by atoms with Crippen LogP contribution in [0, 0.1) is 0 Å². The second kappa shape index (κ2) is 4.33. The number of nitrogens with zero attached hydrogens (tertiary/aromatic N) is 4. The number of rotatable bonds is 3. The fourth-order valence-corrected chi connectivity index (χ4v) is 2.46. The molecule has 0 saturated carbocycles. The third-order valence-electron chi connectivity index (χ3n) is 2.58. The molecule has 4 nitrogen and oxygen atoms in total. The van der Waals surface area contributed by atoms with Crippen molar-refractivity contribution < 1.29 is 0 Å². The third-order valence-corrected chi connectivity index (χ3v) is 3.37. The van der Waals surface area contributed by atoms with Crippen molar-refractivity contribution >= 4 is 17.6 Å². The minimum Gasteiger partial charge on any atom is -0.214 e. The molecule has 17 heavy (non-hydrogen) atoms. The summed E-state index contributed by atoms with van der Waals surface area (Å²) in [5, 5.41) is 14.0. The molecule has 1 atom stereocenters. The Morgan fingerprint density at radius 2 is 2.12 bits per heavy atom. The van der Waals surface area contributed by atoms with E-state index >= 15 is 0 Å². The van der Waals surface area contributed by atoms with Gasteiger partial charge in [0, 0.05) is 11.6 Å². The molecular formula is C12H12N4S. The van der Waals surface area contributed by atoms with E-state index in [2.05, 4.69) is 22.3 Å². The standard InChI is InChI=1S/C12H12N4S/c1-2-17-11-8-10-13-14-12(16(10)15-11)9-6-4-3-5-7-9/h3-8,12H,2H2,1H3. The van der Waals surface area contributed by atoms with Gasteiger partial charge in [-0.2, -0.15) is 10.2 Å². The Labute approximate surface area is 104 Å². The Morgan fingerprint density at radius 3 is 2.88 bits per heavy atom. The van der Waals surface area contributed by atoms with Crippen LogP contribution in [0.2, 0.25) is 0 Å². The van der Waals surface area contributed by atoms with Crippen molar-refractivity contribution in [3.8, 4) is 0 Å². The van der Waals surface area contributed by atoms with Gasteiger partial charge in [0.25, 0.3) is 0 Å². The van der Waals surface area contributed by atoms with Gasteiger partial charge in [0.2, 0.25) is 0 Å². The second-order valence-electron chi connectivity index (χ2n) is 3.72. The van der Waals surface area contributed by atoms with Gasteiger partial charge in [0.05, 0.1) is 0 Å². The molecule has 0 fully saturated rings. The molecule has 1 aromatic carbocycles. The molecule has 86 valence electrons. The van der Waals surface area contributed by atoms with Gasteiger partial charge in [-0.15, -0.1) is 16.9 Å².